The van der Waals surface area contributed by atoms with Gasteiger partial charge in [0.1, 0.15) is 0 Å². The Morgan fingerprint density at radius 2 is 1.51 bits per heavy atom. The summed E-state index contributed by atoms with van der Waals surface area (Å²) in [6, 6.07) is 20.1. The molecule has 8 heteroatoms. The van der Waals surface area contributed by atoms with Crippen molar-refractivity contribution in [2.75, 3.05) is 18.4 Å². The standard InChI is InChI=1S/C27H31N5O3/c1-19(2)23(20-9-5-3-6-10-20)25(34)32-15-13-27(14-16-32,22-11-7-4-8-12-22)30-26-28-17-21(18-29-26)24(33)31-35/h3-12,17-19,23,35H,13-16H2,1-2H3,(H,31,33)(H,28,29,30). The smallest absolute Gasteiger partial charge is 0.277 e. The second kappa shape index (κ2) is 10.7. The first-order valence-corrected chi connectivity index (χ1v) is 11.9. The molecule has 4 rings (SSSR count). The number of piperidine rings is 1. The lowest BCUT2D eigenvalue weighted by Crippen LogP contribution is -2.50. The first-order valence-electron chi connectivity index (χ1n) is 11.9. The van der Waals surface area contributed by atoms with Crippen LogP contribution in [0.5, 0.6) is 0 Å². The van der Waals surface area contributed by atoms with E-state index < -0.39 is 11.4 Å². The second-order valence-electron chi connectivity index (χ2n) is 9.27. The van der Waals surface area contributed by atoms with Gasteiger partial charge in [0.25, 0.3) is 5.91 Å². The minimum Gasteiger partial charge on any atom is -0.345 e. The highest BCUT2D eigenvalue weighted by Gasteiger charge is 2.40. The molecule has 2 amide bonds. The van der Waals surface area contributed by atoms with Crippen LogP contribution >= 0.6 is 0 Å². The van der Waals surface area contributed by atoms with Crippen LogP contribution in [0.2, 0.25) is 0 Å². The highest BCUT2D eigenvalue weighted by atomic mass is 16.5. The van der Waals surface area contributed by atoms with E-state index in [-0.39, 0.29) is 23.3 Å². The summed E-state index contributed by atoms with van der Waals surface area (Å²) < 4.78 is 0. The van der Waals surface area contributed by atoms with E-state index >= 15 is 0 Å². The predicted octanol–water partition coefficient (Wildman–Crippen LogP) is 3.97. The van der Waals surface area contributed by atoms with Crippen LogP contribution in [-0.4, -0.2) is 45.0 Å². The molecule has 0 bridgehead atoms. The summed E-state index contributed by atoms with van der Waals surface area (Å²) in [4.78, 5) is 35.7. The van der Waals surface area contributed by atoms with E-state index in [0.29, 0.717) is 31.9 Å². The summed E-state index contributed by atoms with van der Waals surface area (Å²) in [5, 5.41) is 12.3. The van der Waals surface area contributed by atoms with E-state index in [1.807, 2.05) is 53.4 Å². The zero-order valence-electron chi connectivity index (χ0n) is 20.0. The van der Waals surface area contributed by atoms with Crippen molar-refractivity contribution < 1.29 is 14.8 Å². The van der Waals surface area contributed by atoms with Crippen molar-refractivity contribution in [2.45, 2.75) is 38.1 Å². The lowest BCUT2D eigenvalue weighted by molar-refractivity contribution is -0.135. The zero-order valence-corrected chi connectivity index (χ0v) is 20.0. The van der Waals surface area contributed by atoms with Gasteiger partial charge < -0.3 is 10.2 Å². The Morgan fingerprint density at radius 1 is 0.943 bits per heavy atom. The highest BCUT2D eigenvalue weighted by Crippen LogP contribution is 2.37. The quantitative estimate of drug-likeness (QED) is 0.354. The van der Waals surface area contributed by atoms with E-state index in [1.165, 1.54) is 12.4 Å². The number of nitrogens with one attached hydrogen (secondary N) is 2. The number of carbonyl (C=O) groups excluding carboxylic acids is 2. The predicted molar refractivity (Wildman–Crippen MR) is 133 cm³/mol. The van der Waals surface area contributed by atoms with Crippen molar-refractivity contribution in [3.63, 3.8) is 0 Å². The summed E-state index contributed by atoms with van der Waals surface area (Å²) in [6.07, 6.45) is 4.10. The van der Waals surface area contributed by atoms with Gasteiger partial charge >= 0.3 is 0 Å². The Morgan fingerprint density at radius 3 is 2.06 bits per heavy atom. The molecule has 0 spiro atoms. The number of hydrogen-bond acceptors (Lipinski definition) is 6. The van der Waals surface area contributed by atoms with E-state index in [4.69, 9.17) is 5.21 Å². The molecule has 1 aliphatic rings. The van der Waals surface area contributed by atoms with Gasteiger partial charge in [-0.25, -0.2) is 15.4 Å². The molecule has 35 heavy (non-hydrogen) atoms. The minimum atomic E-state index is -0.667. The molecule has 8 nitrogen and oxygen atoms in total. The lowest BCUT2D eigenvalue weighted by atomic mass is 9.80. The van der Waals surface area contributed by atoms with Crippen molar-refractivity contribution in [3.05, 3.63) is 89.7 Å². The van der Waals surface area contributed by atoms with Crippen molar-refractivity contribution in [3.8, 4) is 0 Å². The molecule has 0 saturated carbocycles. The van der Waals surface area contributed by atoms with Crippen LogP contribution in [-0.2, 0) is 10.3 Å². The maximum absolute atomic E-state index is 13.6. The molecule has 182 valence electrons. The maximum atomic E-state index is 13.6. The molecular weight excluding hydrogens is 442 g/mol. The number of likely N-dealkylation sites (tertiary alicyclic amines) is 1. The van der Waals surface area contributed by atoms with Gasteiger partial charge in [-0.2, -0.15) is 0 Å². The van der Waals surface area contributed by atoms with Crippen LogP contribution in [0.1, 0.15) is 54.1 Å². The number of carbonyl (C=O) groups is 2. The number of anilines is 1. The minimum absolute atomic E-state index is 0.156. The van der Waals surface area contributed by atoms with E-state index in [1.54, 1.807) is 5.48 Å². The van der Waals surface area contributed by atoms with E-state index in [0.717, 1.165) is 11.1 Å². The molecule has 0 radical (unpaired) electrons. The summed E-state index contributed by atoms with van der Waals surface area (Å²) in [5.41, 5.74) is 3.42. The normalized spacial score (nSPS) is 15.9. The maximum Gasteiger partial charge on any atom is 0.277 e. The lowest BCUT2D eigenvalue weighted by Gasteiger charge is -2.44. The van der Waals surface area contributed by atoms with Gasteiger partial charge in [-0.15, -0.1) is 0 Å². The fourth-order valence-corrected chi connectivity index (χ4v) is 4.81. The van der Waals surface area contributed by atoms with Crippen molar-refractivity contribution in [2.24, 2.45) is 5.92 Å². The summed E-state index contributed by atoms with van der Waals surface area (Å²) >= 11 is 0. The second-order valence-corrected chi connectivity index (χ2v) is 9.27. The zero-order chi connectivity index (χ0) is 24.8. The molecule has 1 aliphatic heterocycles. The van der Waals surface area contributed by atoms with E-state index in [9.17, 15) is 9.59 Å². The first-order chi connectivity index (χ1) is 16.9. The molecule has 2 heterocycles. The molecular formula is C27H31N5O3. The Balaban J connectivity index is 1.55. The molecule has 2 aromatic carbocycles. The van der Waals surface area contributed by atoms with Crippen molar-refractivity contribution in [1.29, 1.82) is 0 Å². The summed E-state index contributed by atoms with van der Waals surface area (Å²) in [5.74, 6) is -0.121. The number of nitrogens with zero attached hydrogens (tertiary/aromatic N) is 3. The third-order valence-electron chi connectivity index (χ3n) is 6.71. The fourth-order valence-electron chi connectivity index (χ4n) is 4.81. The van der Waals surface area contributed by atoms with Gasteiger partial charge in [-0.3, -0.25) is 14.8 Å². The Bertz CT molecular complexity index is 1130. The summed E-state index contributed by atoms with van der Waals surface area (Å²) in [6.45, 7) is 5.38. The van der Waals surface area contributed by atoms with Gasteiger partial charge in [0.15, 0.2) is 0 Å². The number of hydrogen-bond donors (Lipinski definition) is 3. The van der Waals surface area contributed by atoms with Gasteiger partial charge in [-0.05, 0) is 29.9 Å². The number of rotatable bonds is 7. The van der Waals surface area contributed by atoms with Crippen LogP contribution in [0.4, 0.5) is 5.95 Å². The van der Waals surface area contributed by atoms with Crippen LogP contribution in [0.25, 0.3) is 0 Å². The molecule has 1 saturated heterocycles. The average Bonchev–Trinajstić information content (AvgIpc) is 2.90. The topological polar surface area (TPSA) is 107 Å². The van der Waals surface area contributed by atoms with Gasteiger partial charge in [0.05, 0.1) is 17.0 Å². The number of amides is 2. The number of aromatic nitrogens is 2. The Hall–Kier alpha value is -3.78. The average molecular weight is 474 g/mol. The molecule has 1 aromatic heterocycles. The molecule has 0 aliphatic carbocycles. The molecule has 3 aromatic rings. The van der Waals surface area contributed by atoms with Crippen molar-refractivity contribution >= 4 is 17.8 Å². The SMILES string of the molecule is CC(C)C(C(=O)N1CCC(Nc2ncc(C(=O)NO)cn2)(c2ccccc2)CC1)c1ccccc1. The molecule has 1 fully saturated rings. The van der Waals surface area contributed by atoms with Gasteiger partial charge in [0.2, 0.25) is 11.9 Å². The molecule has 1 unspecified atom stereocenters. The number of hydroxylamine groups is 1. The Labute approximate surface area is 205 Å². The van der Waals surface area contributed by atoms with Gasteiger partial charge in [-0.1, -0.05) is 74.5 Å². The monoisotopic (exact) mass is 473 g/mol. The largest absolute Gasteiger partial charge is 0.345 e. The Kier molecular flexibility index (Phi) is 7.41. The molecule has 3 N–H and O–H groups in total. The number of benzene rings is 2. The van der Waals surface area contributed by atoms with Crippen LogP contribution in [0.15, 0.2) is 73.1 Å². The third-order valence-corrected chi connectivity index (χ3v) is 6.71. The van der Waals surface area contributed by atoms with Crippen molar-refractivity contribution in [1.82, 2.24) is 20.3 Å². The molecule has 1 atom stereocenters. The highest BCUT2D eigenvalue weighted by molar-refractivity contribution is 5.92. The third kappa shape index (κ3) is 5.33. The van der Waals surface area contributed by atoms with Gasteiger partial charge in [0, 0.05) is 25.5 Å². The van der Waals surface area contributed by atoms with Crippen LogP contribution in [0.3, 0.4) is 0 Å². The van der Waals surface area contributed by atoms with Crippen LogP contribution < -0.4 is 10.8 Å². The van der Waals surface area contributed by atoms with E-state index in [2.05, 4.69) is 41.3 Å². The first kappa shape index (κ1) is 24.3. The summed E-state index contributed by atoms with van der Waals surface area (Å²) in [7, 11) is 0. The fraction of sp³-hybridized carbons (Fsp3) is 0.333. The van der Waals surface area contributed by atoms with Crippen LogP contribution in [0, 0.1) is 5.92 Å².